The minimum Gasteiger partial charge on any atom is -0.352 e. The maximum atomic E-state index is 14.0. The number of fused-ring (bicyclic) bond motifs is 1. The van der Waals surface area contributed by atoms with Crippen LogP contribution in [0.5, 0.6) is 0 Å². The molecule has 0 aliphatic carbocycles. The highest BCUT2D eigenvalue weighted by Gasteiger charge is 2.74. The van der Waals surface area contributed by atoms with Gasteiger partial charge >= 0.3 is 0 Å². The topological polar surface area (TPSA) is 86.8 Å². The molecule has 3 aromatic carbocycles. The van der Waals surface area contributed by atoms with Crippen molar-refractivity contribution in [3.8, 4) is 0 Å². The molecule has 3 aliphatic heterocycles. The zero-order valence-electron chi connectivity index (χ0n) is 21.0. The zero-order valence-corrected chi connectivity index (χ0v) is 23.4. The Morgan fingerprint density at radius 1 is 1.00 bits per heavy atom. The van der Waals surface area contributed by atoms with Gasteiger partial charge in [-0.25, -0.2) is 12.8 Å². The number of benzene rings is 3. The Morgan fingerprint density at radius 3 is 2.38 bits per heavy atom. The molecule has 6 rings (SSSR count). The number of rotatable bonds is 7. The molecule has 1 spiro atoms. The van der Waals surface area contributed by atoms with Crippen LogP contribution in [-0.2, 0) is 32.7 Å². The number of hydrogen-bond acceptors (Lipinski definition) is 4. The maximum absolute atomic E-state index is 14.0. The summed E-state index contributed by atoms with van der Waals surface area (Å²) in [6.45, 7) is 0.806. The van der Waals surface area contributed by atoms with E-state index in [9.17, 15) is 22.4 Å². The van der Waals surface area contributed by atoms with Crippen molar-refractivity contribution in [1.29, 1.82) is 0 Å². The van der Waals surface area contributed by atoms with Gasteiger partial charge in [-0.1, -0.05) is 58.4 Å². The van der Waals surface area contributed by atoms with Crippen molar-refractivity contribution in [1.82, 2.24) is 14.5 Å². The molecule has 0 radical (unpaired) electrons. The fourth-order valence-electron chi connectivity index (χ4n) is 6.68. The molecule has 7 nitrogen and oxygen atoms in total. The number of carbonyl (C=O) groups is 2. The molecule has 3 aromatic rings. The highest BCUT2D eigenvalue weighted by atomic mass is 79.9. The number of carbonyl (C=O) groups excluding carboxylic acids is 2. The molecule has 3 heterocycles. The second-order valence-electron chi connectivity index (χ2n) is 10.5. The second-order valence-corrected chi connectivity index (χ2v) is 13.2. The van der Waals surface area contributed by atoms with Gasteiger partial charge in [0.15, 0.2) is 0 Å². The van der Waals surface area contributed by atoms with Gasteiger partial charge in [-0.2, -0.15) is 4.31 Å². The molecule has 0 saturated carbocycles. The largest absolute Gasteiger partial charge is 0.352 e. The van der Waals surface area contributed by atoms with Crippen LogP contribution in [0.1, 0.15) is 24.0 Å². The molecule has 3 fully saturated rings. The van der Waals surface area contributed by atoms with Crippen molar-refractivity contribution >= 4 is 37.8 Å². The van der Waals surface area contributed by atoms with Crippen LogP contribution in [0.2, 0.25) is 0 Å². The Morgan fingerprint density at radius 2 is 1.69 bits per heavy atom. The number of nitrogens with zero attached hydrogens (tertiary/aromatic N) is 2. The summed E-state index contributed by atoms with van der Waals surface area (Å²) in [5, 5.41) is 2.96. The number of halogens is 2. The first-order valence-electron chi connectivity index (χ1n) is 12.9. The Hall–Kier alpha value is -3.08. The van der Waals surface area contributed by atoms with Gasteiger partial charge in [0.25, 0.3) is 0 Å². The number of hydrogen-bond donors (Lipinski definition) is 1. The van der Waals surface area contributed by atoms with Crippen LogP contribution in [0, 0.1) is 17.7 Å². The minimum atomic E-state index is -4.11. The van der Waals surface area contributed by atoms with Crippen LogP contribution >= 0.6 is 15.9 Å². The third-order valence-corrected chi connectivity index (χ3v) is 10.8. The monoisotopic (exact) mass is 611 g/mol. The molecule has 0 aromatic heterocycles. The van der Waals surface area contributed by atoms with Crippen LogP contribution in [-0.4, -0.2) is 47.6 Å². The zero-order chi connectivity index (χ0) is 27.4. The van der Waals surface area contributed by atoms with Gasteiger partial charge in [-0.05, 0) is 60.4 Å². The number of likely N-dealkylation sites (tertiary alicyclic amines) is 1. The number of amides is 2. The Balaban J connectivity index is 1.36. The summed E-state index contributed by atoms with van der Waals surface area (Å²) in [5.41, 5.74) is 0.785. The lowest BCUT2D eigenvalue weighted by molar-refractivity contribution is -0.138. The van der Waals surface area contributed by atoms with Crippen LogP contribution < -0.4 is 5.32 Å². The first kappa shape index (κ1) is 26.2. The average Bonchev–Trinajstić information content (AvgIpc) is 3.54. The second kappa shape index (κ2) is 9.83. The van der Waals surface area contributed by atoms with Crippen molar-refractivity contribution in [2.45, 2.75) is 42.4 Å². The first-order valence-corrected chi connectivity index (χ1v) is 15.1. The molecule has 3 saturated heterocycles. The predicted octanol–water partition coefficient (Wildman–Crippen LogP) is 4.08. The van der Waals surface area contributed by atoms with Crippen molar-refractivity contribution < 1.29 is 22.4 Å². The maximum Gasteiger partial charge on any atom is 0.243 e. The van der Waals surface area contributed by atoms with E-state index in [4.69, 9.17) is 0 Å². The molecule has 1 N–H and O–H groups in total. The van der Waals surface area contributed by atoms with Crippen molar-refractivity contribution in [2.75, 3.05) is 6.54 Å². The van der Waals surface area contributed by atoms with Crippen LogP contribution in [0.3, 0.4) is 0 Å². The van der Waals surface area contributed by atoms with E-state index in [1.807, 2.05) is 54.6 Å². The smallest absolute Gasteiger partial charge is 0.243 e. The van der Waals surface area contributed by atoms with Gasteiger partial charge < -0.3 is 10.2 Å². The Labute approximate surface area is 235 Å². The van der Waals surface area contributed by atoms with Gasteiger partial charge in [0.1, 0.15) is 5.82 Å². The van der Waals surface area contributed by atoms with Gasteiger partial charge in [-0.15, -0.1) is 0 Å². The fraction of sp³-hybridized carbons (Fsp3) is 0.310. The van der Waals surface area contributed by atoms with E-state index in [1.165, 1.54) is 16.4 Å². The van der Waals surface area contributed by atoms with E-state index in [0.717, 1.165) is 27.7 Å². The van der Waals surface area contributed by atoms with Gasteiger partial charge in [0.2, 0.25) is 21.8 Å². The van der Waals surface area contributed by atoms with Crippen LogP contribution in [0.4, 0.5) is 4.39 Å². The third-order valence-electron chi connectivity index (χ3n) is 8.28. The summed E-state index contributed by atoms with van der Waals surface area (Å²) in [6.07, 6.45) is 0.954. The molecule has 2 bridgehead atoms. The third kappa shape index (κ3) is 4.38. The lowest BCUT2D eigenvalue weighted by atomic mass is 9.72. The summed E-state index contributed by atoms with van der Waals surface area (Å²) in [5.74, 6) is -2.68. The molecule has 3 aliphatic rings. The quantitative estimate of drug-likeness (QED) is 0.436. The molecule has 0 unspecified atom stereocenters. The lowest BCUT2D eigenvalue weighted by Gasteiger charge is -2.33. The van der Waals surface area contributed by atoms with E-state index in [-0.39, 0.29) is 29.8 Å². The summed E-state index contributed by atoms with van der Waals surface area (Å²) in [6, 6.07) is 21.1. The minimum absolute atomic E-state index is 0.0428. The lowest BCUT2D eigenvalue weighted by Crippen LogP contribution is -2.49. The SMILES string of the molecule is O=C(NCc1ccc(Br)cc1)[C@H]1[C@H]2CC[C@]3(CN(Cc4ccccc4)C(=O)[C@H]13)N2S(=O)(=O)c1ccc(F)cc1. The Bertz CT molecular complexity index is 1520. The molecular formula is C29H27BrFN3O4S. The Kier molecular flexibility index (Phi) is 6.60. The normalized spacial score (nSPS) is 26.2. The van der Waals surface area contributed by atoms with E-state index in [1.54, 1.807) is 4.90 Å². The van der Waals surface area contributed by atoms with E-state index >= 15 is 0 Å². The van der Waals surface area contributed by atoms with Crippen molar-refractivity contribution in [3.05, 3.63) is 100 Å². The van der Waals surface area contributed by atoms with Crippen LogP contribution in [0.15, 0.2) is 88.2 Å². The fourth-order valence-corrected chi connectivity index (χ4v) is 8.98. The summed E-state index contributed by atoms with van der Waals surface area (Å²) < 4.78 is 44.0. The summed E-state index contributed by atoms with van der Waals surface area (Å²) in [7, 11) is -4.11. The van der Waals surface area contributed by atoms with E-state index < -0.39 is 39.3 Å². The van der Waals surface area contributed by atoms with Gasteiger partial charge in [0, 0.05) is 30.1 Å². The van der Waals surface area contributed by atoms with Crippen molar-refractivity contribution in [3.63, 3.8) is 0 Å². The molecule has 4 atom stereocenters. The molecular weight excluding hydrogens is 585 g/mol. The van der Waals surface area contributed by atoms with Gasteiger partial charge in [0.05, 0.1) is 22.3 Å². The highest BCUT2D eigenvalue weighted by Crippen LogP contribution is 2.59. The molecule has 2 amide bonds. The van der Waals surface area contributed by atoms with E-state index in [2.05, 4.69) is 21.2 Å². The molecule has 202 valence electrons. The number of nitrogens with one attached hydrogen (secondary N) is 1. The summed E-state index contributed by atoms with van der Waals surface area (Å²) >= 11 is 3.40. The highest BCUT2D eigenvalue weighted by molar-refractivity contribution is 9.10. The first-order chi connectivity index (χ1) is 18.7. The molecule has 39 heavy (non-hydrogen) atoms. The standard InChI is InChI=1S/C29H27BrFN3O4S/c30-21-8-6-19(7-9-21)16-32-27(35)25-24-14-15-29(34(24)39(37,38)23-12-10-22(31)11-13-23)18-33(28(36)26(25)29)17-20-4-2-1-3-5-20/h1-13,24-26H,14-18H2,(H,32,35)/t24-,25+,26+,29-/m1/s1. The van der Waals surface area contributed by atoms with Gasteiger partial charge in [-0.3, -0.25) is 9.59 Å². The molecule has 10 heteroatoms. The summed E-state index contributed by atoms with van der Waals surface area (Å²) in [4.78, 5) is 29.3. The van der Waals surface area contributed by atoms with Crippen molar-refractivity contribution in [2.24, 2.45) is 11.8 Å². The van der Waals surface area contributed by atoms with Crippen LogP contribution in [0.25, 0.3) is 0 Å². The van der Waals surface area contributed by atoms with E-state index in [0.29, 0.717) is 19.4 Å². The predicted molar refractivity (Wildman–Crippen MR) is 146 cm³/mol. The average molecular weight is 613 g/mol. The number of sulfonamides is 1.